The number of aryl methyl sites for hydroxylation is 5. The van der Waals surface area contributed by atoms with Crippen molar-refractivity contribution in [1.82, 2.24) is 14.8 Å². The van der Waals surface area contributed by atoms with Gasteiger partial charge in [-0.2, -0.15) is 9.78 Å². The van der Waals surface area contributed by atoms with Crippen molar-refractivity contribution in [1.29, 1.82) is 0 Å². The fraction of sp³-hybridized carbons (Fsp3) is 0.286. The lowest BCUT2D eigenvalue weighted by atomic mass is 10.0. The first-order valence-electron chi connectivity index (χ1n) is 11.8. The van der Waals surface area contributed by atoms with Gasteiger partial charge in [-0.15, -0.1) is 0 Å². The molecule has 2 aromatic carbocycles. The van der Waals surface area contributed by atoms with Crippen LogP contribution >= 0.6 is 0 Å². The first-order valence-corrected chi connectivity index (χ1v) is 11.8. The Morgan fingerprint density at radius 1 is 0.943 bits per heavy atom. The molecule has 1 N–H and O–H groups in total. The molecule has 0 aliphatic carbocycles. The van der Waals surface area contributed by atoms with E-state index in [1.54, 1.807) is 9.58 Å². The van der Waals surface area contributed by atoms with Crippen LogP contribution in [-0.2, 0) is 9.59 Å². The van der Waals surface area contributed by atoms with Gasteiger partial charge in [-0.1, -0.05) is 29.3 Å². The molecular formula is C28H29N5O2. The number of benzene rings is 2. The third-order valence-corrected chi connectivity index (χ3v) is 6.58. The molecule has 2 aromatic heterocycles. The number of carbonyl (C=O) groups excluding carboxylic acids is 2. The van der Waals surface area contributed by atoms with Gasteiger partial charge in [0.25, 0.3) is 0 Å². The second-order valence-corrected chi connectivity index (χ2v) is 9.59. The van der Waals surface area contributed by atoms with Gasteiger partial charge in [-0.3, -0.25) is 9.59 Å². The first kappa shape index (κ1) is 22.8. The van der Waals surface area contributed by atoms with Gasteiger partial charge in [0.15, 0.2) is 5.82 Å². The minimum atomic E-state index is -0.441. The van der Waals surface area contributed by atoms with Crippen LogP contribution in [0.1, 0.15) is 34.4 Å². The van der Waals surface area contributed by atoms with E-state index in [0.29, 0.717) is 18.2 Å². The van der Waals surface area contributed by atoms with Gasteiger partial charge in [-0.25, -0.2) is 4.98 Å². The van der Waals surface area contributed by atoms with Gasteiger partial charge >= 0.3 is 0 Å². The molecule has 1 aliphatic heterocycles. The Labute approximate surface area is 204 Å². The molecule has 1 unspecified atom stereocenters. The van der Waals surface area contributed by atoms with E-state index in [4.69, 9.17) is 4.98 Å². The first-order chi connectivity index (χ1) is 16.7. The smallest absolute Gasteiger partial charge is 0.230 e. The Balaban J connectivity index is 1.42. The highest BCUT2D eigenvalue weighted by atomic mass is 16.2. The lowest BCUT2D eigenvalue weighted by Gasteiger charge is -2.17. The Morgan fingerprint density at radius 3 is 2.43 bits per heavy atom. The van der Waals surface area contributed by atoms with Crippen LogP contribution in [0.25, 0.3) is 16.7 Å². The summed E-state index contributed by atoms with van der Waals surface area (Å²) in [6.45, 7) is 10.4. The van der Waals surface area contributed by atoms with Gasteiger partial charge in [0.05, 0.1) is 17.1 Å². The molecule has 0 bridgehead atoms. The summed E-state index contributed by atoms with van der Waals surface area (Å²) in [6.07, 6.45) is 0.179. The molecule has 7 heteroatoms. The third kappa shape index (κ3) is 4.30. The minimum Gasteiger partial charge on any atom is -0.312 e. The zero-order valence-electron chi connectivity index (χ0n) is 20.7. The maximum atomic E-state index is 13.2. The van der Waals surface area contributed by atoms with Crippen molar-refractivity contribution in [2.24, 2.45) is 5.92 Å². The number of hydrogen-bond acceptors (Lipinski definition) is 4. The number of carbonyl (C=O) groups is 2. The van der Waals surface area contributed by atoms with E-state index in [1.165, 1.54) is 5.56 Å². The molecule has 1 saturated heterocycles. The lowest BCUT2D eigenvalue weighted by Crippen LogP contribution is -2.28. The Morgan fingerprint density at radius 2 is 1.69 bits per heavy atom. The molecule has 178 valence electrons. The number of anilines is 2. The molecule has 0 spiro atoms. The highest BCUT2D eigenvalue weighted by Crippen LogP contribution is 2.28. The topological polar surface area (TPSA) is 80.1 Å². The average molecular weight is 468 g/mol. The summed E-state index contributed by atoms with van der Waals surface area (Å²) in [6, 6.07) is 15.9. The van der Waals surface area contributed by atoms with Gasteiger partial charge in [0.2, 0.25) is 11.8 Å². The van der Waals surface area contributed by atoms with Crippen LogP contribution in [0.15, 0.2) is 48.5 Å². The zero-order chi connectivity index (χ0) is 24.9. The Bertz CT molecular complexity index is 1470. The monoisotopic (exact) mass is 467 g/mol. The van der Waals surface area contributed by atoms with Crippen LogP contribution in [0.2, 0.25) is 0 Å². The van der Waals surface area contributed by atoms with Crippen LogP contribution in [0.3, 0.4) is 0 Å². The van der Waals surface area contributed by atoms with Crippen molar-refractivity contribution in [3.63, 3.8) is 0 Å². The summed E-state index contributed by atoms with van der Waals surface area (Å²) >= 11 is 0. The van der Waals surface area contributed by atoms with Crippen molar-refractivity contribution in [3.8, 4) is 5.82 Å². The van der Waals surface area contributed by atoms with Crippen LogP contribution < -0.4 is 10.2 Å². The minimum absolute atomic E-state index is 0.0451. The van der Waals surface area contributed by atoms with Gasteiger partial charge in [0, 0.05) is 30.1 Å². The van der Waals surface area contributed by atoms with Crippen LogP contribution in [0.5, 0.6) is 0 Å². The number of hydrogen-bond donors (Lipinski definition) is 1. The van der Waals surface area contributed by atoms with E-state index in [0.717, 1.165) is 39.0 Å². The van der Waals surface area contributed by atoms with E-state index in [1.807, 2.05) is 50.2 Å². The average Bonchev–Trinajstić information content (AvgIpc) is 3.37. The highest BCUT2D eigenvalue weighted by Gasteiger charge is 2.35. The standard InChI is InChI=1S/C28H29N5O2/c1-16-6-8-22(9-7-16)32-15-21(14-26(32)34)28(35)30-25-13-20(5)31-33(25)24-12-18(3)23-11-17(2)10-19(4)27(23)29-24/h6-13,21H,14-15H2,1-5H3,(H,30,35). The van der Waals surface area contributed by atoms with E-state index >= 15 is 0 Å². The Kier molecular flexibility index (Phi) is 5.63. The number of nitrogens with zero attached hydrogens (tertiary/aromatic N) is 4. The number of rotatable bonds is 4. The molecule has 0 radical (unpaired) electrons. The molecule has 2 amide bonds. The SMILES string of the molecule is Cc1ccc(N2CC(C(=O)Nc3cc(C)nn3-c3cc(C)c4cc(C)cc(C)c4n3)CC2=O)cc1. The molecular weight excluding hydrogens is 438 g/mol. The summed E-state index contributed by atoms with van der Waals surface area (Å²) in [5, 5.41) is 8.72. The van der Waals surface area contributed by atoms with E-state index < -0.39 is 5.92 Å². The number of aromatic nitrogens is 3. The molecule has 1 atom stereocenters. The predicted molar refractivity (Wildman–Crippen MR) is 138 cm³/mol. The largest absolute Gasteiger partial charge is 0.312 e. The molecule has 3 heterocycles. The van der Waals surface area contributed by atoms with Crippen molar-refractivity contribution in [2.45, 2.75) is 41.0 Å². The number of pyridine rings is 1. The van der Waals surface area contributed by atoms with Crippen LogP contribution in [-0.4, -0.2) is 33.1 Å². The van der Waals surface area contributed by atoms with Crippen molar-refractivity contribution < 1.29 is 9.59 Å². The van der Waals surface area contributed by atoms with E-state index in [9.17, 15) is 9.59 Å². The molecule has 1 aliphatic rings. The third-order valence-electron chi connectivity index (χ3n) is 6.58. The van der Waals surface area contributed by atoms with E-state index in [-0.39, 0.29) is 18.2 Å². The molecule has 1 fully saturated rings. The van der Waals surface area contributed by atoms with Gasteiger partial charge in [0.1, 0.15) is 5.82 Å². The van der Waals surface area contributed by atoms with E-state index in [2.05, 4.69) is 43.3 Å². The maximum Gasteiger partial charge on any atom is 0.230 e. The normalized spacial score (nSPS) is 15.7. The highest BCUT2D eigenvalue weighted by molar-refractivity contribution is 6.03. The molecule has 7 nitrogen and oxygen atoms in total. The fourth-order valence-electron chi connectivity index (χ4n) is 4.78. The quantitative estimate of drug-likeness (QED) is 0.460. The fourth-order valence-corrected chi connectivity index (χ4v) is 4.78. The summed E-state index contributed by atoms with van der Waals surface area (Å²) in [4.78, 5) is 32.4. The van der Waals surface area contributed by atoms with Gasteiger partial charge in [-0.05, 0) is 70.0 Å². The number of amides is 2. The lowest BCUT2D eigenvalue weighted by molar-refractivity contribution is -0.122. The maximum absolute atomic E-state index is 13.2. The van der Waals surface area contributed by atoms with Crippen LogP contribution in [0, 0.1) is 40.5 Å². The second kappa shape index (κ2) is 8.65. The Hall–Kier alpha value is -4.00. The molecule has 35 heavy (non-hydrogen) atoms. The summed E-state index contributed by atoms with van der Waals surface area (Å²) < 4.78 is 1.67. The molecule has 5 rings (SSSR count). The number of nitrogens with one attached hydrogen (secondary N) is 1. The van der Waals surface area contributed by atoms with Crippen molar-refractivity contribution in [3.05, 3.63) is 76.5 Å². The second-order valence-electron chi connectivity index (χ2n) is 9.59. The predicted octanol–water partition coefficient (Wildman–Crippen LogP) is 4.95. The number of fused-ring (bicyclic) bond motifs is 1. The molecule has 4 aromatic rings. The van der Waals surface area contributed by atoms with Gasteiger partial charge < -0.3 is 10.2 Å². The zero-order valence-corrected chi connectivity index (χ0v) is 20.7. The molecule has 0 saturated carbocycles. The van der Waals surface area contributed by atoms with Crippen molar-refractivity contribution in [2.75, 3.05) is 16.8 Å². The summed E-state index contributed by atoms with van der Waals surface area (Å²) in [7, 11) is 0. The summed E-state index contributed by atoms with van der Waals surface area (Å²) in [5.74, 6) is 0.512. The van der Waals surface area contributed by atoms with Crippen LogP contribution in [0.4, 0.5) is 11.5 Å². The van der Waals surface area contributed by atoms with Crippen molar-refractivity contribution >= 4 is 34.2 Å². The summed E-state index contributed by atoms with van der Waals surface area (Å²) in [5.41, 5.74) is 7.02.